The Morgan fingerprint density at radius 3 is 2.39 bits per heavy atom. The van der Waals surface area contributed by atoms with Crippen molar-refractivity contribution in [3.8, 4) is 0 Å². The van der Waals surface area contributed by atoms with Crippen LogP contribution in [0.4, 0.5) is 17.3 Å². The van der Waals surface area contributed by atoms with Gasteiger partial charge in [-0.25, -0.2) is 4.52 Å². The number of piperidine rings is 2. The molecular weight excluding hydrogens is 578 g/mol. The van der Waals surface area contributed by atoms with Crippen molar-refractivity contribution >= 4 is 40.5 Å². The molecular formula is C33H40ClN7O3. The van der Waals surface area contributed by atoms with Crippen LogP contribution in [0.5, 0.6) is 0 Å². The van der Waals surface area contributed by atoms with E-state index in [4.69, 9.17) is 16.6 Å². The van der Waals surface area contributed by atoms with Crippen LogP contribution in [-0.2, 0) is 5.41 Å². The van der Waals surface area contributed by atoms with Crippen LogP contribution in [-0.4, -0.2) is 93.1 Å². The third-order valence-electron chi connectivity index (χ3n) is 9.38. The van der Waals surface area contributed by atoms with E-state index in [-0.39, 0.29) is 23.8 Å². The van der Waals surface area contributed by atoms with E-state index >= 15 is 0 Å². The number of nitrogens with one attached hydrogen (secondary N) is 1. The summed E-state index contributed by atoms with van der Waals surface area (Å²) in [6.45, 7) is 3.47. The monoisotopic (exact) mass is 617 g/mol. The van der Waals surface area contributed by atoms with Gasteiger partial charge in [-0.05, 0) is 99.9 Å². The van der Waals surface area contributed by atoms with Gasteiger partial charge >= 0.3 is 0 Å². The second-order valence-corrected chi connectivity index (χ2v) is 12.6. The third kappa shape index (κ3) is 6.39. The number of aliphatic hydroxyl groups is 2. The van der Waals surface area contributed by atoms with E-state index in [2.05, 4.69) is 27.3 Å². The highest BCUT2D eigenvalue weighted by molar-refractivity contribution is 6.30. The Morgan fingerprint density at radius 2 is 1.73 bits per heavy atom. The number of aliphatic hydroxyl groups excluding tert-OH is 1. The predicted octanol–water partition coefficient (Wildman–Crippen LogP) is 4.53. The molecule has 6 rings (SSSR count). The Morgan fingerprint density at radius 1 is 1.05 bits per heavy atom. The maximum atomic E-state index is 13.1. The van der Waals surface area contributed by atoms with Gasteiger partial charge in [0.15, 0.2) is 11.9 Å². The number of fused-ring (bicyclic) bond motifs is 1. The maximum absolute atomic E-state index is 13.1. The van der Waals surface area contributed by atoms with Crippen molar-refractivity contribution in [2.45, 2.75) is 49.9 Å². The number of hydrogen-bond acceptors (Lipinski definition) is 8. The number of carbonyl (C=O) groups excluding carboxylic acids is 1. The van der Waals surface area contributed by atoms with Gasteiger partial charge in [0, 0.05) is 60.5 Å². The first-order valence-corrected chi connectivity index (χ1v) is 15.6. The van der Waals surface area contributed by atoms with Gasteiger partial charge in [0.2, 0.25) is 5.95 Å². The lowest BCUT2D eigenvalue weighted by Gasteiger charge is -2.43. The molecule has 3 N–H and O–H groups in total. The minimum absolute atomic E-state index is 0.0386. The minimum Gasteiger partial charge on any atom is -0.368 e. The lowest BCUT2D eigenvalue weighted by Crippen LogP contribution is -2.44. The van der Waals surface area contributed by atoms with Gasteiger partial charge in [0.05, 0.1) is 5.69 Å². The fourth-order valence-corrected chi connectivity index (χ4v) is 6.83. The largest absolute Gasteiger partial charge is 0.368 e. The van der Waals surface area contributed by atoms with E-state index in [9.17, 15) is 15.0 Å². The van der Waals surface area contributed by atoms with E-state index in [0.29, 0.717) is 16.5 Å². The van der Waals surface area contributed by atoms with Gasteiger partial charge in [-0.3, -0.25) is 4.79 Å². The molecule has 2 aliphatic rings. The second-order valence-electron chi connectivity index (χ2n) is 12.2. The topological polar surface area (TPSA) is 109 Å². The second kappa shape index (κ2) is 12.7. The maximum Gasteiger partial charge on any atom is 0.253 e. The van der Waals surface area contributed by atoms with Gasteiger partial charge < -0.3 is 30.2 Å². The molecule has 2 aliphatic heterocycles. The molecule has 0 unspecified atom stereocenters. The molecule has 11 heteroatoms. The van der Waals surface area contributed by atoms with Gasteiger partial charge in [-0.15, -0.1) is 5.10 Å². The Kier molecular flexibility index (Phi) is 8.77. The number of benzene rings is 2. The standard InChI is InChI=1S/C33H40ClN7O3/c1-38-18-13-27(14-19-38)39(2)31(44)23-5-11-26(12-6-23)35-32-36-30-28(4-3-17-41(30)37-32)40-20-15-33(16-21-40,22-29(42)43)24-7-9-25(34)10-8-24/h3-12,17,27,29,42-43H,13-16,18-22H2,1-2H3,(H,35,37). The smallest absolute Gasteiger partial charge is 0.253 e. The summed E-state index contributed by atoms with van der Waals surface area (Å²) in [5.41, 5.74) is 3.90. The number of halogens is 1. The molecule has 2 aromatic carbocycles. The molecule has 232 valence electrons. The molecule has 0 spiro atoms. The van der Waals surface area contributed by atoms with Crippen LogP contribution in [0.15, 0.2) is 66.9 Å². The molecule has 0 atom stereocenters. The first kappa shape index (κ1) is 30.3. The summed E-state index contributed by atoms with van der Waals surface area (Å²) >= 11 is 6.13. The number of rotatable bonds is 8. The normalized spacial score (nSPS) is 17.7. The highest BCUT2D eigenvalue weighted by Crippen LogP contribution is 2.41. The van der Waals surface area contributed by atoms with Crippen molar-refractivity contribution in [3.05, 3.63) is 83.0 Å². The number of hydrogen-bond donors (Lipinski definition) is 3. The van der Waals surface area contributed by atoms with Crippen LogP contribution in [0.1, 0.15) is 48.0 Å². The van der Waals surface area contributed by atoms with Crippen molar-refractivity contribution in [2.24, 2.45) is 0 Å². The summed E-state index contributed by atoms with van der Waals surface area (Å²) in [4.78, 5) is 24.4. The zero-order valence-corrected chi connectivity index (χ0v) is 26.0. The summed E-state index contributed by atoms with van der Waals surface area (Å²) in [6.07, 6.45) is 4.25. The quantitative estimate of drug-likeness (QED) is 0.248. The molecule has 44 heavy (non-hydrogen) atoms. The number of nitrogens with zero attached hydrogens (tertiary/aromatic N) is 6. The molecule has 0 aliphatic carbocycles. The van der Waals surface area contributed by atoms with Crippen LogP contribution in [0, 0.1) is 0 Å². The molecule has 0 bridgehead atoms. The van der Waals surface area contributed by atoms with E-state index in [1.165, 1.54) is 0 Å². The lowest BCUT2D eigenvalue weighted by atomic mass is 9.70. The number of aromatic nitrogens is 3. The number of carbonyl (C=O) groups is 1. The Balaban J connectivity index is 1.14. The van der Waals surface area contributed by atoms with E-state index < -0.39 is 6.29 Å². The van der Waals surface area contributed by atoms with Crippen LogP contribution in [0.25, 0.3) is 5.65 Å². The molecule has 2 fully saturated rings. The van der Waals surface area contributed by atoms with Crippen LogP contribution >= 0.6 is 11.6 Å². The number of amides is 1. The highest BCUT2D eigenvalue weighted by atomic mass is 35.5. The highest BCUT2D eigenvalue weighted by Gasteiger charge is 2.38. The molecule has 0 radical (unpaired) electrons. The van der Waals surface area contributed by atoms with E-state index in [1.54, 1.807) is 4.52 Å². The first-order valence-electron chi connectivity index (χ1n) is 15.3. The summed E-state index contributed by atoms with van der Waals surface area (Å²) in [5.74, 6) is 0.507. The van der Waals surface area contributed by atoms with E-state index in [0.717, 1.165) is 74.4 Å². The fourth-order valence-electron chi connectivity index (χ4n) is 6.71. The molecule has 2 saturated heterocycles. The van der Waals surface area contributed by atoms with Gasteiger partial charge in [0.1, 0.15) is 0 Å². The van der Waals surface area contributed by atoms with Gasteiger partial charge in [-0.1, -0.05) is 23.7 Å². The fraction of sp³-hybridized carbons (Fsp3) is 0.424. The molecule has 10 nitrogen and oxygen atoms in total. The van der Waals surface area contributed by atoms with Crippen molar-refractivity contribution < 1.29 is 15.0 Å². The summed E-state index contributed by atoms with van der Waals surface area (Å²) in [6, 6.07) is 19.5. The molecule has 4 heterocycles. The summed E-state index contributed by atoms with van der Waals surface area (Å²) in [7, 11) is 4.02. The van der Waals surface area contributed by atoms with Crippen molar-refractivity contribution in [1.29, 1.82) is 0 Å². The molecule has 4 aromatic rings. The van der Waals surface area contributed by atoms with Gasteiger partial charge in [-0.2, -0.15) is 4.98 Å². The van der Waals surface area contributed by atoms with Gasteiger partial charge in [0.25, 0.3) is 5.91 Å². The minimum atomic E-state index is -1.39. The first-order chi connectivity index (χ1) is 21.2. The average molecular weight is 618 g/mol. The molecule has 0 saturated carbocycles. The van der Waals surface area contributed by atoms with Crippen molar-refractivity contribution in [2.75, 3.05) is 50.5 Å². The van der Waals surface area contributed by atoms with Crippen LogP contribution in [0.2, 0.25) is 5.02 Å². The predicted molar refractivity (Wildman–Crippen MR) is 173 cm³/mol. The Labute approximate surface area is 262 Å². The van der Waals surface area contributed by atoms with Crippen LogP contribution in [0.3, 0.4) is 0 Å². The lowest BCUT2D eigenvalue weighted by molar-refractivity contribution is -0.0635. The number of pyridine rings is 1. The van der Waals surface area contributed by atoms with Crippen LogP contribution < -0.4 is 10.2 Å². The SMILES string of the molecule is CN1CCC(N(C)C(=O)c2ccc(Nc3nc4c(N5CCC(CC(O)O)(c6ccc(Cl)cc6)CC5)cccn4n3)cc2)CC1. The average Bonchev–Trinajstić information content (AvgIpc) is 3.44. The summed E-state index contributed by atoms with van der Waals surface area (Å²) < 4.78 is 1.77. The Bertz CT molecular complexity index is 1580. The van der Waals surface area contributed by atoms with E-state index in [1.807, 2.05) is 78.8 Å². The van der Waals surface area contributed by atoms with Crippen molar-refractivity contribution in [1.82, 2.24) is 24.4 Å². The van der Waals surface area contributed by atoms with Crippen molar-refractivity contribution in [3.63, 3.8) is 0 Å². The number of anilines is 3. The number of likely N-dealkylation sites (tertiary alicyclic amines) is 1. The third-order valence-corrected chi connectivity index (χ3v) is 9.63. The zero-order chi connectivity index (χ0) is 30.8. The summed E-state index contributed by atoms with van der Waals surface area (Å²) in [5, 5.41) is 28.5. The Hall–Kier alpha value is -3.70. The molecule has 1 amide bonds. The molecule has 2 aromatic heterocycles. The zero-order valence-electron chi connectivity index (χ0n) is 25.2.